The third-order valence-electron chi connectivity index (χ3n) is 2.99. The van der Waals surface area contributed by atoms with Gasteiger partial charge in [0.1, 0.15) is 13.5 Å². The van der Waals surface area contributed by atoms with Crippen LogP contribution in [0.1, 0.15) is 27.7 Å². The minimum atomic E-state index is -0.887. The lowest BCUT2D eigenvalue weighted by Gasteiger charge is -2.26. The first-order chi connectivity index (χ1) is 10.6. The third kappa shape index (κ3) is 3.66. The van der Waals surface area contributed by atoms with Crippen LogP contribution in [0.3, 0.4) is 0 Å². The minimum Gasteiger partial charge on any atom is -0.447 e. The van der Waals surface area contributed by atoms with Crippen molar-refractivity contribution in [1.82, 2.24) is 10.0 Å². The van der Waals surface area contributed by atoms with E-state index in [1.165, 1.54) is 10.0 Å². The van der Waals surface area contributed by atoms with Crippen LogP contribution in [-0.4, -0.2) is 66.7 Å². The maximum absolute atomic E-state index is 12.7. The molecule has 0 fully saturated rings. The molecule has 0 bridgehead atoms. The number of ether oxygens (including phenoxy) is 4. The summed E-state index contributed by atoms with van der Waals surface area (Å²) in [4.78, 5) is 12.7. The molecule has 124 valence electrons. The summed E-state index contributed by atoms with van der Waals surface area (Å²) in [5, 5.41) is 11.2. The number of carbonyl (C=O) groups excluding carboxylic acids is 1. The van der Waals surface area contributed by atoms with Gasteiger partial charge in [0.05, 0.1) is 0 Å². The van der Waals surface area contributed by atoms with Gasteiger partial charge in [0.25, 0.3) is 18.2 Å². The lowest BCUT2D eigenvalue weighted by molar-refractivity contribution is -0.155. The van der Waals surface area contributed by atoms with Crippen molar-refractivity contribution < 1.29 is 23.7 Å². The number of carbonyl (C=O) groups is 1. The van der Waals surface area contributed by atoms with E-state index in [1.807, 2.05) is 13.8 Å². The van der Waals surface area contributed by atoms with Gasteiger partial charge in [0.2, 0.25) is 11.8 Å². The maximum atomic E-state index is 12.7. The number of Topliss-reactive ketones (excluding diaryl/α,β-unsaturated/α-hetero) is 1. The Bertz CT molecular complexity index is 427. The van der Waals surface area contributed by atoms with Crippen LogP contribution in [0, 0.1) is 0 Å². The third-order valence-corrected chi connectivity index (χ3v) is 2.99. The van der Waals surface area contributed by atoms with Gasteiger partial charge in [0, 0.05) is 27.1 Å². The van der Waals surface area contributed by atoms with E-state index in [4.69, 9.17) is 18.9 Å². The summed E-state index contributed by atoms with van der Waals surface area (Å²) in [5.41, 5.74) is 0. The quantitative estimate of drug-likeness (QED) is 0.646. The molecule has 0 aromatic heterocycles. The average Bonchev–Trinajstić information content (AvgIpc) is 3.05. The molecule has 0 spiro atoms. The number of hydrazone groups is 2. The van der Waals surface area contributed by atoms with E-state index in [1.54, 1.807) is 13.8 Å². The van der Waals surface area contributed by atoms with E-state index < -0.39 is 12.5 Å². The highest BCUT2D eigenvalue weighted by Gasteiger charge is 2.43. The van der Waals surface area contributed by atoms with Crippen LogP contribution in [0.25, 0.3) is 0 Å². The summed E-state index contributed by atoms with van der Waals surface area (Å²) < 4.78 is 21.6. The van der Waals surface area contributed by atoms with Gasteiger partial charge >= 0.3 is 0 Å². The Kier molecular flexibility index (Phi) is 5.56. The average molecular weight is 314 g/mol. The molecular weight excluding hydrogens is 292 g/mol. The molecule has 2 aliphatic rings. The van der Waals surface area contributed by atoms with Crippen molar-refractivity contribution in [3.63, 3.8) is 0 Å². The fourth-order valence-electron chi connectivity index (χ4n) is 2.05. The van der Waals surface area contributed by atoms with Gasteiger partial charge in [-0.3, -0.25) is 4.79 Å². The summed E-state index contributed by atoms with van der Waals surface area (Å²) in [7, 11) is 0. The largest absolute Gasteiger partial charge is 0.447 e. The van der Waals surface area contributed by atoms with E-state index >= 15 is 0 Å². The predicted octanol–water partition coefficient (Wildman–Crippen LogP) is 0.527. The molecule has 9 heteroatoms. The van der Waals surface area contributed by atoms with Crippen LogP contribution < -0.4 is 0 Å². The first-order valence-electron chi connectivity index (χ1n) is 7.23. The van der Waals surface area contributed by atoms with Gasteiger partial charge in [-0.05, 0) is 13.8 Å². The standard InChI is InChI=1S/C13H22N4O5/c1-5-19-7-16-12(21-9(3)14-16)11(18)13-17(8-20-6-2)15-10(4)22-13/h12-13H,5-8H2,1-4H3. The highest BCUT2D eigenvalue weighted by Crippen LogP contribution is 2.21. The second kappa shape index (κ2) is 7.41. The van der Waals surface area contributed by atoms with Gasteiger partial charge in [-0.1, -0.05) is 0 Å². The number of ketones is 1. The summed E-state index contributed by atoms with van der Waals surface area (Å²) in [6, 6.07) is 0. The smallest absolute Gasteiger partial charge is 0.258 e. The number of hydrogen-bond acceptors (Lipinski definition) is 9. The molecule has 2 aliphatic heterocycles. The number of hydrogen-bond donors (Lipinski definition) is 0. The van der Waals surface area contributed by atoms with E-state index in [2.05, 4.69) is 10.2 Å². The molecular formula is C13H22N4O5. The topological polar surface area (TPSA) is 85.2 Å². The minimum absolute atomic E-state index is 0.169. The van der Waals surface area contributed by atoms with E-state index in [-0.39, 0.29) is 19.2 Å². The molecule has 2 unspecified atom stereocenters. The lowest BCUT2D eigenvalue weighted by Crippen LogP contribution is -2.48. The fourth-order valence-corrected chi connectivity index (χ4v) is 2.05. The van der Waals surface area contributed by atoms with Crippen LogP contribution in [-0.2, 0) is 23.7 Å². The monoisotopic (exact) mass is 314 g/mol. The molecule has 0 aromatic rings. The molecule has 0 N–H and O–H groups in total. The molecule has 2 rings (SSSR count). The molecule has 2 heterocycles. The van der Waals surface area contributed by atoms with Gasteiger partial charge in [-0.2, -0.15) is 0 Å². The second-order valence-electron chi connectivity index (χ2n) is 4.70. The Labute approximate surface area is 129 Å². The summed E-state index contributed by atoms with van der Waals surface area (Å²) >= 11 is 0. The van der Waals surface area contributed by atoms with Crippen molar-refractivity contribution in [2.45, 2.75) is 40.2 Å². The number of rotatable bonds is 8. The molecule has 0 saturated heterocycles. The second-order valence-corrected chi connectivity index (χ2v) is 4.70. The SMILES string of the molecule is CCOCN1N=C(C)OC1C(=O)C1OC(C)=NN1COCC. The van der Waals surface area contributed by atoms with Crippen molar-refractivity contribution in [3.8, 4) is 0 Å². The van der Waals surface area contributed by atoms with Crippen LogP contribution >= 0.6 is 0 Å². The zero-order valence-corrected chi connectivity index (χ0v) is 13.3. The molecule has 0 aliphatic carbocycles. The van der Waals surface area contributed by atoms with Gasteiger partial charge in [-0.15, -0.1) is 10.2 Å². The zero-order valence-electron chi connectivity index (χ0n) is 13.3. The molecule has 2 atom stereocenters. The van der Waals surface area contributed by atoms with E-state index in [0.29, 0.717) is 25.0 Å². The molecule has 0 aromatic carbocycles. The number of nitrogens with zero attached hydrogens (tertiary/aromatic N) is 4. The van der Waals surface area contributed by atoms with Crippen molar-refractivity contribution in [1.29, 1.82) is 0 Å². The summed E-state index contributed by atoms with van der Waals surface area (Å²) in [6.07, 6.45) is -1.77. The normalized spacial score (nSPS) is 24.0. The Morgan fingerprint density at radius 3 is 1.77 bits per heavy atom. The fraction of sp³-hybridized carbons (Fsp3) is 0.769. The van der Waals surface area contributed by atoms with Gasteiger partial charge < -0.3 is 18.9 Å². The van der Waals surface area contributed by atoms with Crippen molar-refractivity contribution in [3.05, 3.63) is 0 Å². The Balaban J connectivity index is 2.03. The molecule has 9 nitrogen and oxygen atoms in total. The summed E-state index contributed by atoms with van der Waals surface area (Å²) in [6.45, 7) is 8.47. The first-order valence-corrected chi connectivity index (χ1v) is 7.23. The maximum Gasteiger partial charge on any atom is 0.258 e. The van der Waals surface area contributed by atoms with Crippen LogP contribution in [0.2, 0.25) is 0 Å². The van der Waals surface area contributed by atoms with Crippen LogP contribution in [0.4, 0.5) is 0 Å². The van der Waals surface area contributed by atoms with Gasteiger partial charge in [-0.25, -0.2) is 10.0 Å². The van der Waals surface area contributed by atoms with E-state index in [9.17, 15) is 4.79 Å². The predicted molar refractivity (Wildman–Crippen MR) is 77.6 cm³/mol. The Hall–Kier alpha value is -1.87. The van der Waals surface area contributed by atoms with Crippen molar-refractivity contribution in [2.75, 3.05) is 26.7 Å². The molecule has 22 heavy (non-hydrogen) atoms. The lowest BCUT2D eigenvalue weighted by atomic mass is 10.3. The highest BCUT2D eigenvalue weighted by molar-refractivity contribution is 5.92. The summed E-state index contributed by atoms with van der Waals surface area (Å²) in [5.74, 6) is 0.510. The van der Waals surface area contributed by atoms with Gasteiger partial charge in [0.15, 0.2) is 0 Å². The first kappa shape index (κ1) is 16.5. The van der Waals surface area contributed by atoms with Crippen LogP contribution in [0.15, 0.2) is 10.2 Å². The Morgan fingerprint density at radius 2 is 1.41 bits per heavy atom. The molecule has 0 radical (unpaired) electrons. The van der Waals surface area contributed by atoms with Crippen molar-refractivity contribution in [2.24, 2.45) is 10.2 Å². The highest BCUT2D eigenvalue weighted by atomic mass is 16.6. The van der Waals surface area contributed by atoms with E-state index in [0.717, 1.165) is 0 Å². The molecule has 0 saturated carbocycles. The Morgan fingerprint density at radius 1 is 1.00 bits per heavy atom. The van der Waals surface area contributed by atoms with Crippen LogP contribution in [0.5, 0.6) is 0 Å². The molecule has 0 amide bonds. The zero-order chi connectivity index (χ0) is 16.1. The van der Waals surface area contributed by atoms with Crippen molar-refractivity contribution >= 4 is 17.6 Å².